The maximum atomic E-state index is 13.3. The molecule has 1 unspecified atom stereocenters. The van der Waals surface area contributed by atoms with E-state index in [4.69, 9.17) is 32.7 Å². The maximum Gasteiger partial charge on any atom is 0.300 e. The lowest BCUT2D eigenvalue weighted by molar-refractivity contribution is -0.132. The van der Waals surface area contributed by atoms with Gasteiger partial charge < -0.3 is 19.7 Å². The van der Waals surface area contributed by atoms with Crippen molar-refractivity contribution in [2.45, 2.75) is 6.04 Å². The lowest BCUT2D eigenvalue weighted by Crippen LogP contribution is -2.29. The van der Waals surface area contributed by atoms with Gasteiger partial charge in [0.05, 0.1) is 25.8 Å². The summed E-state index contributed by atoms with van der Waals surface area (Å²) >= 11 is 12.3. The van der Waals surface area contributed by atoms with E-state index in [1.807, 2.05) is 0 Å². The van der Waals surface area contributed by atoms with Crippen molar-refractivity contribution in [1.82, 2.24) is 0 Å². The zero-order chi connectivity index (χ0) is 24.6. The minimum absolute atomic E-state index is 0.00195. The van der Waals surface area contributed by atoms with Gasteiger partial charge in [-0.25, -0.2) is 0 Å². The summed E-state index contributed by atoms with van der Waals surface area (Å²) in [6.45, 7) is 0. The molecule has 174 valence electrons. The summed E-state index contributed by atoms with van der Waals surface area (Å²) in [7, 11) is 2.82. The Morgan fingerprint density at radius 3 is 2.00 bits per heavy atom. The Morgan fingerprint density at radius 1 is 0.912 bits per heavy atom. The quantitative estimate of drug-likeness (QED) is 0.279. The Morgan fingerprint density at radius 2 is 1.47 bits per heavy atom. The first-order valence-electron chi connectivity index (χ1n) is 10.0. The molecule has 9 heteroatoms. The number of benzene rings is 3. The van der Waals surface area contributed by atoms with E-state index < -0.39 is 23.5 Å². The van der Waals surface area contributed by atoms with Crippen LogP contribution in [-0.4, -0.2) is 36.1 Å². The molecule has 1 aliphatic rings. The minimum Gasteiger partial charge on any atom is -0.508 e. The van der Waals surface area contributed by atoms with E-state index >= 15 is 0 Å². The molecule has 1 aliphatic heterocycles. The van der Waals surface area contributed by atoms with E-state index in [1.165, 1.54) is 49.5 Å². The predicted octanol–water partition coefficient (Wildman–Crippen LogP) is 5.34. The SMILES string of the molecule is COc1cccc(OC)c1/C(O)=C1\C(=O)C(=O)N(c2cc(Cl)cc(Cl)c2)C1c1ccc(O)cc1. The molecule has 0 aromatic heterocycles. The minimum atomic E-state index is -1.05. The molecule has 1 fully saturated rings. The average Bonchev–Trinajstić information content (AvgIpc) is 3.08. The third kappa shape index (κ3) is 4.04. The molecule has 0 bridgehead atoms. The zero-order valence-corrected chi connectivity index (χ0v) is 19.6. The summed E-state index contributed by atoms with van der Waals surface area (Å²) in [4.78, 5) is 27.8. The molecule has 1 atom stereocenters. The third-order valence-corrected chi connectivity index (χ3v) is 5.88. The van der Waals surface area contributed by atoms with Crippen molar-refractivity contribution in [3.63, 3.8) is 0 Å². The largest absolute Gasteiger partial charge is 0.508 e. The first-order chi connectivity index (χ1) is 16.3. The second-order valence-corrected chi connectivity index (χ2v) is 8.30. The van der Waals surface area contributed by atoms with Gasteiger partial charge in [-0.3, -0.25) is 14.5 Å². The van der Waals surface area contributed by atoms with Gasteiger partial charge in [-0.15, -0.1) is 0 Å². The number of anilines is 1. The lowest BCUT2D eigenvalue weighted by Gasteiger charge is -2.26. The second kappa shape index (κ2) is 9.29. The highest BCUT2D eigenvalue weighted by Gasteiger charge is 2.47. The molecule has 0 spiro atoms. The van der Waals surface area contributed by atoms with Gasteiger partial charge in [0.2, 0.25) is 0 Å². The van der Waals surface area contributed by atoms with Crippen LogP contribution in [-0.2, 0) is 9.59 Å². The van der Waals surface area contributed by atoms with E-state index in [0.717, 1.165) is 0 Å². The number of nitrogens with zero attached hydrogens (tertiary/aromatic N) is 1. The maximum absolute atomic E-state index is 13.3. The Bertz CT molecular complexity index is 1280. The van der Waals surface area contributed by atoms with Crippen LogP contribution in [0, 0.1) is 0 Å². The number of hydrogen-bond donors (Lipinski definition) is 2. The first-order valence-corrected chi connectivity index (χ1v) is 10.8. The number of rotatable bonds is 5. The number of amides is 1. The first kappa shape index (κ1) is 23.5. The predicted molar refractivity (Wildman–Crippen MR) is 129 cm³/mol. The van der Waals surface area contributed by atoms with Gasteiger partial charge >= 0.3 is 0 Å². The molecule has 34 heavy (non-hydrogen) atoms. The molecule has 0 saturated carbocycles. The molecule has 3 aromatic carbocycles. The number of aliphatic hydroxyl groups excluding tert-OH is 1. The van der Waals surface area contributed by atoms with Gasteiger partial charge in [0.25, 0.3) is 11.7 Å². The number of carbonyl (C=O) groups is 2. The fraction of sp³-hybridized carbons (Fsp3) is 0.120. The summed E-state index contributed by atoms with van der Waals surface area (Å²) in [6, 6.07) is 14.2. The highest BCUT2D eigenvalue weighted by Crippen LogP contribution is 2.46. The number of Topliss-reactive ketones (excluding diaryl/α,β-unsaturated/α-hetero) is 1. The second-order valence-electron chi connectivity index (χ2n) is 7.43. The monoisotopic (exact) mass is 499 g/mol. The molecule has 0 radical (unpaired) electrons. The number of phenolic OH excluding ortho intramolecular Hbond substituents is 1. The normalized spacial score (nSPS) is 17.2. The highest BCUT2D eigenvalue weighted by molar-refractivity contribution is 6.52. The van der Waals surface area contributed by atoms with Crippen molar-refractivity contribution in [1.29, 1.82) is 0 Å². The zero-order valence-electron chi connectivity index (χ0n) is 18.1. The molecule has 1 heterocycles. The summed E-state index contributed by atoms with van der Waals surface area (Å²) < 4.78 is 10.8. The standard InChI is InChI=1S/C25H19Cl2NO6/c1-33-18-4-3-5-19(34-2)20(18)23(30)21-22(13-6-8-17(29)9-7-13)28(25(32)24(21)31)16-11-14(26)10-15(27)12-16/h3-12,22,29-30H,1-2H3/b23-21+. The van der Waals surface area contributed by atoms with Crippen molar-refractivity contribution in [2.24, 2.45) is 0 Å². The van der Waals surface area contributed by atoms with Crippen LogP contribution >= 0.6 is 23.2 Å². The van der Waals surface area contributed by atoms with Crippen LogP contribution in [0.1, 0.15) is 17.2 Å². The Labute approximate surface area is 205 Å². The van der Waals surface area contributed by atoms with Crippen LogP contribution in [0.3, 0.4) is 0 Å². The van der Waals surface area contributed by atoms with Crippen LogP contribution in [0.4, 0.5) is 5.69 Å². The van der Waals surface area contributed by atoms with Crippen molar-refractivity contribution < 1.29 is 29.3 Å². The Balaban J connectivity index is 2.03. The molecular formula is C25H19Cl2NO6. The van der Waals surface area contributed by atoms with Crippen LogP contribution < -0.4 is 14.4 Å². The van der Waals surface area contributed by atoms with Gasteiger partial charge in [-0.05, 0) is 48.0 Å². The molecule has 3 aromatic rings. The van der Waals surface area contributed by atoms with Crippen molar-refractivity contribution in [2.75, 3.05) is 19.1 Å². The fourth-order valence-corrected chi connectivity index (χ4v) is 4.48. The molecule has 0 aliphatic carbocycles. The number of aromatic hydroxyl groups is 1. The van der Waals surface area contributed by atoms with Crippen molar-refractivity contribution >= 4 is 46.3 Å². The molecule has 4 rings (SSSR count). The van der Waals surface area contributed by atoms with Crippen molar-refractivity contribution in [3.8, 4) is 17.2 Å². The van der Waals surface area contributed by atoms with E-state index in [-0.39, 0.29) is 44.1 Å². The number of phenols is 1. The molecule has 7 nitrogen and oxygen atoms in total. The van der Waals surface area contributed by atoms with Crippen LogP contribution in [0.2, 0.25) is 10.0 Å². The van der Waals surface area contributed by atoms with E-state index in [0.29, 0.717) is 5.56 Å². The van der Waals surface area contributed by atoms with Gasteiger partial charge in [-0.1, -0.05) is 41.4 Å². The fourth-order valence-electron chi connectivity index (χ4n) is 3.97. The van der Waals surface area contributed by atoms with Gasteiger partial charge in [-0.2, -0.15) is 0 Å². The van der Waals surface area contributed by atoms with Crippen LogP contribution in [0.15, 0.2) is 66.2 Å². The number of hydrogen-bond acceptors (Lipinski definition) is 6. The number of ketones is 1. The molecular weight excluding hydrogens is 481 g/mol. The average molecular weight is 500 g/mol. The lowest BCUT2D eigenvalue weighted by atomic mass is 9.94. The summed E-state index contributed by atoms with van der Waals surface area (Å²) in [5.41, 5.74) is 0.667. The number of carbonyl (C=O) groups excluding carboxylic acids is 2. The van der Waals surface area contributed by atoms with Crippen LogP contribution in [0.5, 0.6) is 17.2 Å². The summed E-state index contributed by atoms with van der Waals surface area (Å²) in [5.74, 6) is -1.78. The van der Waals surface area contributed by atoms with Gasteiger partial charge in [0, 0.05) is 15.7 Å². The van der Waals surface area contributed by atoms with E-state index in [9.17, 15) is 19.8 Å². The number of aliphatic hydroxyl groups is 1. The number of halogens is 2. The Kier molecular flexibility index (Phi) is 6.41. The number of methoxy groups -OCH3 is 2. The summed E-state index contributed by atoms with van der Waals surface area (Å²) in [5, 5.41) is 21.7. The number of ether oxygens (including phenoxy) is 2. The molecule has 1 saturated heterocycles. The Hall–Kier alpha value is -3.68. The third-order valence-electron chi connectivity index (χ3n) is 5.44. The molecule has 1 amide bonds. The van der Waals surface area contributed by atoms with Crippen LogP contribution in [0.25, 0.3) is 5.76 Å². The molecule has 2 N–H and O–H groups in total. The summed E-state index contributed by atoms with van der Waals surface area (Å²) in [6.07, 6.45) is 0. The van der Waals surface area contributed by atoms with Gasteiger partial charge in [0.1, 0.15) is 28.6 Å². The van der Waals surface area contributed by atoms with E-state index in [1.54, 1.807) is 30.3 Å². The topological polar surface area (TPSA) is 96.3 Å². The van der Waals surface area contributed by atoms with Crippen molar-refractivity contribution in [3.05, 3.63) is 87.4 Å². The van der Waals surface area contributed by atoms with E-state index in [2.05, 4.69) is 0 Å². The van der Waals surface area contributed by atoms with Gasteiger partial charge in [0.15, 0.2) is 0 Å². The smallest absolute Gasteiger partial charge is 0.300 e. The highest BCUT2D eigenvalue weighted by atomic mass is 35.5.